The summed E-state index contributed by atoms with van der Waals surface area (Å²) in [5, 5.41) is 3.94. The summed E-state index contributed by atoms with van der Waals surface area (Å²) in [5.41, 5.74) is 1.17. The van der Waals surface area contributed by atoms with Crippen LogP contribution in [-0.4, -0.2) is 27.3 Å². The molecule has 1 atom stereocenters. The lowest BCUT2D eigenvalue weighted by molar-refractivity contribution is 0.396. The van der Waals surface area contributed by atoms with E-state index in [-0.39, 0.29) is 0 Å². The van der Waals surface area contributed by atoms with Crippen LogP contribution in [0.25, 0.3) is 0 Å². The van der Waals surface area contributed by atoms with Gasteiger partial charge in [0.15, 0.2) is 0 Å². The SMILES string of the molecule is COc1cc(C2CCNC2)c(OC)cc1Cl. The van der Waals surface area contributed by atoms with Gasteiger partial charge < -0.3 is 14.8 Å². The fourth-order valence-corrected chi connectivity index (χ4v) is 2.35. The maximum atomic E-state index is 6.07. The van der Waals surface area contributed by atoms with Crippen LogP contribution in [0.3, 0.4) is 0 Å². The fourth-order valence-electron chi connectivity index (χ4n) is 2.12. The molecular weight excluding hydrogens is 226 g/mol. The van der Waals surface area contributed by atoms with E-state index in [9.17, 15) is 0 Å². The highest BCUT2D eigenvalue weighted by Gasteiger charge is 2.22. The first kappa shape index (κ1) is 11.6. The van der Waals surface area contributed by atoms with Crippen LogP contribution in [0, 0.1) is 0 Å². The molecule has 0 aliphatic carbocycles. The summed E-state index contributed by atoms with van der Waals surface area (Å²) < 4.78 is 10.6. The Labute approximate surface area is 101 Å². The minimum absolute atomic E-state index is 0.487. The number of benzene rings is 1. The van der Waals surface area contributed by atoms with Gasteiger partial charge in [0.2, 0.25) is 0 Å². The van der Waals surface area contributed by atoms with Crippen LogP contribution in [0.1, 0.15) is 17.9 Å². The highest BCUT2D eigenvalue weighted by atomic mass is 35.5. The number of hydrogen-bond donors (Lipinski definition) is 1. The highest BCUT2D eigenvalue weighted by molar-refractivity contribution is 6.32. The molecule has 1 aromatic rings. The number of rotatable bonds is 3. The Bertz CT molecular complexity index is 376. The number of hydrogen-bond acceptors (Lipinski definition) is 3. The molecule has 1 N–H and O–H groups in total. The zero-order valence-corrected chi connectivity index (χ0v) is 10.3. The van der Waals surface area contributed by atoms with Crippen molar-refractivity contribution in [2.75, 3.05) is 27.3 Å². The maximum Gasteiger partial charge on any atom is 0.138 e. The summed E-state index contributed by atoms with van der Waals surface area (Å²) in [4.78, 5) is 0. The van der Waals surface area contributed by atoms with E-state index in [0.29, 0.717) is 16.7 Å². The molecule has 0 amide bonds. The van der Waals surface area contributed by atoms with Crippen molar-refractivity contribution in [3.05, 3.63) is 22.7 Å². The van der Waals surface area contributed by atoms with E-state index in [1.165, 1.54) is 5.56 Å². The maximum absolute atomic E-state index is 6.07. The Kier molecular flexibility index (Phi) is 3.56. The lowest BCUT2D eigenvalue weighted by Crippen LogP contribution is -2.09. The van der Waals surface area contributed by atoms with Crippen molar-refractivity contribution in [2.24, 2.45) is 0 Å². The minimum Gasteiger partial charge on any atom is -0.496 e. The molecule has 1 unspecified atom stereocenters. The van der Waals surface area contributed by atoms with E-state index >= 15 is 0 Å². The van der Waals surface area contributed by atoms with E-state index in [1.807, 2.05) is 12.1 Å². The highest BCUT2D eigenvalue weighted by Crippen LogP contribution is 2.38. The number of methoxy groups -OCH3 is 2. The first-order valence-electron chi connectivity index (χ1n) is 5.38. The summed E-state index contributed by atoms with van der Waals surface area (Å²) >= 11 is 6.07. The van der Waals surface area contributed by atoms with Gasteiger partial charge in [0, 0.05) is 24.1 Å². The monoisotopic (exact) mass is 241 g/mol. The molecule has 0 aromatic heterocycles. The van der Waals surface area contributed by atoms with E-state index in [4.69, 9.17) is 21.1 Å². The van der Waals surface area contributed by atoms with Gasteiger partial charge in [-0.3, -0.25) is 0 Å². The molecule has 88 valence electrons. The molecule has 4 heteroatoms. The first-order valence-corrected chi connectivity index (χ1v) is 5.76. The molecule has 3 nitrogen and oxygen atoms in total. The van der Waals surface area contributed by atoms with Crippen molar-refractivity contribution in [1.82, 2.24) is 5.32 Å². The van der Waals surface area contributed by atoms with Gasteiger partial charge in [0.25, 0.3) is 0 Å². The van der Waals surface area contributed by atoms with Gasteiger partial charge in [-0.15, -0.1) is 0 Å². The summed E-state index contributed by atoms with van der Waals surface area (Å²) in [6.45, 7) is 2.04. The van der Waals surface area contributed by atoms with Gasteiger partial charge in [-0.2, -0.15) is 0 Å². The van der Waals surface area contributed by atoms with Crippen molar-refractivity contribution >= 4 is 11.6 Å². The standard InChI is InChI=1S/C12H16ClNO2/c1-15-11-6-10(13)12(16-2)5-9(11)8-3-4-14-7-8/h5-6,8,14H,3-4,7H2,1-2H3. The van der Waals surface area contributed by atoms with Crippen LogP contribution in [0.15, 0.2) is 12.1 Å². The van der Waals surface area contributed by atoms with Gasteiger partial charge in [-0.05, 0) is 19.0 Å². The molecule has 0 spiro atoms. The normalized spacial score (nSPS) is 19.8. The fraction of sp³-hybridized carbons (Fsp3) is 0.500. The Morgan fingerprint density at radius 2 is 2.00 bits per heavy atom. The number of ether oxygens (including phenoxy) is 2. The van der Waals surface area contributed by atoms with Crippen molar-refractivity contribution in [2.45, 2.75) is 12.3 Å². The van der Waals surface area contributed by atoms with Crippen LogP contribution in [0.2, 0.25) is 5.02 Å². The van der Waals surface area contributed by atoms with E-state index in [2.05, 4.69) is 5.32 Å². The molecule has 2 rings (SSSR count). The van der Waals surface area contributed by atoms with Gasteiger partial charge in [-0.25, -0.2) is 0 Å². The molecule has 0 bridgehead atoms. The molecule has 1 aliphatic rings. The summed E-state index contributed by atoms with van der Waals surface area (Å²) in [6, 6.07) is 3.81. The summed E-state index contributed by atoms with van der Waals surface area (Å²) in [7, 11) is 3.30. The third-order valence-electron chi connectivity index (χ3n) is 3.00. The van der Waals surface area contributed by atoms with Gasteiger partial charge in [0.1, 0.15) is 11.5 Å². The van der Waals surface area contributed by atoms with E-state index in [0.717, 1.165) is 25.3 Å². The molecule has 16 heavy (non-hydrogen) atoms. The Balaban J connectivity index is 2.40. The molecule has 0 radical (unpaired) electrons. The van der Waals surface area contributed by atoms with E-state index < -0.39 is 0 Å². The summed E-state index contributed by atoms with van der Waals surface area (Å²) in [5.74, 6) is 2.05. The van der Waals surface area contributed by atoms with Crippen LogP contribution < -0.4 is 14.8 Å². The average molecular weight is 242 g/mol. The van der Waals surface area contributed by atoms with Crippen LogP contribution in [0.5, 0.6) is 11.5 Å². The quantitative estimate of drug-likeness (QED) is 0.882. The van der Waals surface area contributed by atoms with Crippen LogP contribution >= 0.6 is 11.6 Å². The van der Waals surface area contributed by atoms with Crippen molar-refractivity contribution in [3.8, 4) is 11.5 Å². The second-order valence-electron chi connectivity index (χ2n) is 3.92. The van der Waals surface area contributed by atoms with Crippen molar-refractivity contribution < 1.29 is 9.47 Å². The zero-order chi connectivity index (χ0) is 11.5. The number of nitrogens with one attached hydrogen (secondary N) is 1. The zero-order valence-electron chi connectivity index (χ0n) is 9.55. The predicted octanol–water partition coefficient (Wildman–Crippen LogP) is 2.43. The predicted molar refractivity (Wildman–Crippen MR) is 64.8 cm³/mol. The molecule has 0 saturated carbocycles. The second kappa shape index (κ2) is 4.93. The lowest BCUT2D eigenvalue weighted by atomic mass is 9.97. The molecule has 1 aliphatic heterocycles. The van der Waals surface area contributed by atoms with Crippen molar-refractivity contribution in [1.29, 1.82) is 0 Å². The molecule has 1 heterocycles. The third kappa shape index (κ3) is 2.11. The molecule has 1 saturated heterocycles. The minimum atomic E-state index is 0.487. The first-order chi connectivity index (χ1) is 7.76. The topological polar surface area (TPSA) is 30.5 Å². The average Bonchev–Trinajstić information content (AvgIpc) is 2.82. The second-order valence-corrected chi connectivity index (χ2v) is 4.33. The largest absolute Gasteiger partial charge is 0.496 e. The molecule has 1 aromatic carbocycles. The van der Waals surface area contributed by atoms with Gasteiger partial charge >= 0.3 is 0 Å². The van der Waals surface area contributed by atoms with E-state index in [1.54, 1.807) is 14.2 Å². The third-order valence-corrected chi connectivity index (χ3v) is 3.30. The number of halogens is 1. The van der Waals surface area contributed by atoms with Crippen molar-refractivity contribution in [3.63, 3.8) is 0 Å². The van der Waals surface area contributed by atoms with Crippen LogP contribution in [0.4, 0.5) is 0 Å². The Morgan fingerprint density at radius 3 is 2.56 bits per heavy atom. The molecular formula is C12H16ClNO2. The summed E-state index contributed by atoms with van der Waals surface area (Å²) in [6.07, 6.45) is 1.13. The molecule has 1 fully saturated rings. The smallest absolute Gasteiger partial charge is 0.138 e. The Hall–Kier alpha value is -0.930. The lowest BCUT2D eigenvalue weighted by Gasteiger charge is -2.16. The van der Waals surface area contributed by atoms with Crippen LogP contribution in [-0.2, 0) is 0 Å². The Morgan fingerprint density at radius 1 is 1.25 bits per heavy atom. The van der Waals surface area contributed by atoms with Gasteiger partial charge in [-0.1, -0.05) is 11.6 Å². The van der Waals surface area contributed by atoms with Gasteiger partial charge in [0.05, 0.1) is 19.2 Å².